The molecule has 0 atom stereocenters. The van der Waals surface area contributed by atoms with Gasteiger partial charge in [-0.25, -0.2) is 4.79 Å². The lowest BCUT2D eigenvalue weighted by molar-refractivity contribution is 0.0455. The molecule has 4 rings (SSSR count). The van der Waals surface area contributed by atoms with Crippen molar-refractivity contribution in [2.75, 3.05) is 13.2 Å². The van der Waals surface area contributed by atoms with E-state index in [0.29, 0.717) is 30.9 Å². The molecule has 36 heavy (non-hydrogen) atoms. The van der Waals surface area contributed by atoms with E-state index in [9.17, 15) is 9.59 Å². The highest BCUT2D eigenvalue weighted by Gasteiger charge is 2.08. The zero-order valence-corrected chi connectivity index (χ0v) is 19.8. The van der Waals surface area contributed by atoms with E-state index in [1.807, 2.05) is 78.9 Å². The Morgan fingerprint density at radius 2 is 1.47 bits per heavy atom. The van der Waals surface area contributed by atoms with Gasteiger partial charge in [-0.15, -0.1) is 0 Å². The molecule has 0 amide bonds. The molecular formula is C28H28N2O6. The molecule has 0 aliphatic rings. The number of H-pyrrole nitrogens is 1. The summed E-state index contributed by atoms with van der Waals surface area (Å²) in [6.07, 6.45) is 1.80. The number of hydrogen-bond acceptors (Lipinski definition) is 6. The largest absolute Gasteiger partial charge is 0.489 e. The van der Waals surface area contributed by atoms with E-state index >= 15 is 0 Å². The van der Waals surface area contributed by atoms with Crippen molar-refractivity contribution in [1.82, 2.24) is 9.55 Å². The monoisotopic (exact) mass is 488 g/mol. The smallest absolute Gasteiger partial charge is 0.330 e. The summed E-state index contributed by atoms with van der Waals surface area (Å²) in [5.74, 6) is 1.46. The Labute approximate surface area is 208 Å². The maximum Gasteiger partial charge on any atom is 0.330 e. The van der Waals surface area contributed by atoms with Crippen LogP contribution >= 0.6 is 0 Å². The normalized spacial score (nSPS) is 10.8. The zero-order chi connectivity index (χ0) is 25.2. The van der Waals surface area contributed by atoms with Gasteiger partial charge in [0.1, 0.15) is 31.4 Å². The van der Waals surface area contributed by atoms with Crippen molar-refractivity contribution in [2.45, 2.75) is 26.4 Å². The van der Waals surface area contributed by atoms with Crippen molar-refractivity contribution in [3.05, 3.63) is 128 Å². The highest BCUT2D eigenvalue weighted by atomic mass is 16.5. The number of ether oxygens (including phenoxy) is 3. The predicted octanol–water partition coefficient (Wildman–Crippen LogP) is 3.25. The number of hydrogen-bond donors (Lipinski definition) is 2. The van der Waals surface area contributed by atoms with Gasteiger partial charge in [0.15, 0.2) is 0 Å². The molecule has 0 fully saturated rings. The van der Waals surface area contributed by atoms with Crippen molar-refractivity contribution < 1.29 is 19.3 Å². The fourth-order valence-electron chi connectivity index (χ4n) is 3.56. The van der Waals surface area contributed by atoms with Crippen LogP contribution in [0, 0.1) is 0 Å². The van der Waals surface area contributed by atoms with Crippen molar-refractivity contribution in [2.24, 2.45) is 0 Å². The summed E-state index contributed by atoms with van der Waals surface area (Å²) >= 11 is 0. The van der Waals surface area contributed by atoms with Crippen LogP contribution in [-0.4, -0.2) is 27.9 Å². The molecule has 186 valence electrons. The number of rotatable bonds is 12. The molecule has 0 saturated carbocycles. The zero-order valence-electron chi connectivity index (χ0n) is 19.8. The number of nitrogens with zero attached hydrogens (tertiary/aromatic N) is 1. The van der Waals surface area contributed by atoms with Crippen LogP contribution in [0.15, 0.2) is 94.6 Å². The van der Waals surface area contributed by atoms with Crippen LogP contribution in [-0.2, 0) is 31.1 Å². The molecule has 2 N–H and O–H groups in total. The van der Waals surface area contributed by atoms with Gasteiger partial charge in [-0.2, -0.15) is 0 Å². The van der Waals surface area contributed by atoms with Gasteiger partial charge >= 0.3 is 5.69 Å². The van der Waals surface area contributed by atoms with Crippen LogP contribution < -0.4 is 20.7 Å². The molecule has 1 heterocycles. The number of aromatic nitrogens is 2. The second-order valence-electron chi connectivity index (χ2n) is 8.18. The van der Waals surface area contributed by atoms with Crippen LogP contribution in [0.3, 0.4) is 0 Å². The minimum absolute atomic E-state index is 0.0532. The molecule has 0 aliphatic carbocycles. The molecule has 0 spiro atoms. The van der Waals surface area contributed by atoms with E-state index in [4.69, 9.17) is 19.3 Å². The van der Waals surface area contributed by atoms with Gasteiger partial charge in [-0.1, -0.05) is 54.6 Å². The molecule has 0 unspecified atom stereocenters. The van der Waals surface area contributed by atoms with E-state index in [0.717, 1.165) is 22.4 Å². The Morgan fingerprint density at radius 3 is 2.22 bits per heavy atom. The summed E-state index contributed by atoms with van der Waals surface area (Å²) in [4.78, 5) is 26.6. The van der Waals surface area contributed by atoms with Crippen molar-refractivity contribution in [3.8, 4) is 11.5 Å². The SMILES string of the molecule is O=c1[nH]c(=O)n(COCCO)cc1Cc1cccc(OCc2ccc(OCc3ccccc3)cc2)c1. The number of aliphatic hydroxyl groups excluding tert-OH is 1. The molecule has 0 bridgehead atoms. The molecule has 3 aromatic carbocycles. The lowest BCUT2D eigenvalue weighted by atomic mass is 10.1. The highest BCUT2D eigenvalue weighted by Crippen LogP contribution is 2.19. The average molecular weight is 489 g/mol. The van der Waals surface area contributed by atoms with Gasteiger partial charge < -0.3 is 19.3 Å². The number of benzene rings is 3. The molecule has 1 aromatic heterocycles. The first-order chi connectivity index (χ1) is 17.6. The molecule has 8 heteroatoms. The molecule has 0 saturated heterocycles. The molecule has 0 radical (unpaired) electrons. The first kappa shape index (κ1) is 25.0. The quantitative estimate of drug-likeness (QED) is 0.297. The van der Waals surface area contributed by atoms with Crippen LogP contribution in [0.1, 0.15) is 22.3 Å². The summed E-state index contributed by atoms with van der Waals surface area (Å²) in [7, 11) is 0. The van der Waals surface area contributed by atoms with E-state index in [-0.39, 0.29) is 19.9 Å². The third kappa shape index (κ3) is 7.18. The summed E-state index contributed by atoms with van der Waals surface area (Å²) in [5.41, 5.74) is 2.39. The average Bonchev–Trinajstić information content (AvgIpc) is 2.90. The molecular weight excluding hydrogens is 460 g/mol. The first-order valence-corrected chi connectivity index (χ1v) is 11.6. The number of aromatic amines is 1. The van der Waals surface area contributed by atoms with E-state index in [1.54, 1.807) is 0 Å². The summed E-state index contributed by atoms with van der Waals surface area (Å²) in [6, 6.07) is 25.2. The highest BCUT2D eigenvalue weighted by molar-refractivity contribution is 5.33. The molecule has 0 aliphatic heterocycles. The van der Waals surface area contributed by atoms with Crippen molar-refractivity contribution in [1.29, 1.82) is 0 Å². The van der Waals surface area contributed by atoms with Gasteiger partial charge in [-0.05, 0) is 41.0 Å². The van der Waals surface area contributed by atoms with E-state index in [1.165, 1.54) is 10.8 Å². The topological polar surface area (TPSA) is 103 Å². The van der Waals surface area contributed by atoms with Crippen LogP contribution in [0.5, 0.6) is 11.5 Å². The Bertz CT molecular complexity index is 1360. The lowest BCUT2D eigenvalue weighted by Crippen LogP contribution is -2.32. The Morgan fingerprint density at radius 1 is 0.778 bits per heavy atom. The summed E-state index contributed by atoms with van der Waals surface area (Å²) in [6.45, 7) is 0.797. The standard InChI is InChI=1S/C28H28N2O6/c31-13-14-34-20-30-17-24(27(32)29-28(30)33)15-23-7-4-8-26(16-23)36-19-22-9-11-25(12-10-22)35-18-21-5-2-1-3-6-21/h1-12,16-17,31H,13-15,18-20H2,(H,29,32,33). The minimum Gasteiger partial charge on any atom is -0.489 e. The second kappa shape index (κ2) is 12.5. The Hall–Kier alpha value is -4.14. The Balaban J connectivity index is 1.34. The molecule has 4 aromatic rings. The fourth-order valence-corrected chi connectivity index (χ4v) is 3.56. The van der Waals surface area contributed by atoms with Gasteiger partial charge in [0, 0.05) is 18.2 Å². The third-order valence-corrected chi connectivity index (χ3v) is 5.42. The van der Waals surface area contributed by atoms with Crippen molar-refractivity contribution >= 4 is 0 Å². The van der Waals surface area contributed by atoms with Crippen molar-refractivity contribution in [3.63, 3.8) is 0 Å². The van der Waals surface area contributed by atoms with Gasteiger partial charge in [0.2, 0.25) is 0 Å². The maximum atomic E-state index is 12.3. The van der Waals surface area contributed by atoms with Gasteiger partial charge in [0.25, 0.3) is 5.56 Å². The van der Waals surface area contributed by atoms with E-state index in [2.05, 4.69) is 4.98 Å². The summed E-state index contributed by atoms with van der Waals surface area (Å²) in [5, 5.41) is 8.84. The minimum atomic E-state index is -0.560. The first-order valence-electron chi connectivity index (χ1n) is 11.6. The maximum absolute atomic E-state index is 12.3. The van der Waals surface area contributed by atoms with E-state index < -0.39 is 11.2 Å². The number of aliphatic hydroxyl groups is 1. The Kier molecular flexibility index (Phi) is 8.69. The van der Waals surface area contributed by atoms with Crippen LogP contribution in [0.4, 0.5) is 0 Å². The van der Waals surface area contributed by atoms with Gasteiger partial charge in [-0.3, -0.25) is 14.3 Å². The van der Waals surface area contributed by atoms with Crippen LogP contribution in [0.2, 0.25) is 0 Å². The van der Waals surface area contributed by atoms with Crippen LogP contribution in [0.25, 0.3) is 0 Å². The lowest BCUT2D eigenvalue weighted by Gasteiger charge is -2.11. The van der Waals surface area contributed by atoms with Gasteiger partial charge in [0.05, 0.1) is 13.2 Å². The molecule has 8 nitrogen and oxygen atoms in total. The predicted molar refractivity (Wildman–Crippen MR) is 135 cm³/mol. The second-order valence-corrected chi connectivity index (χ2v) is 8.18. The third-order valence-electron chi connectivity index (χ3n) is 5.42. The fraction of sp³-hybridized carbons (Fsp3) is 0.214. The number of nitrogens with one attached hydrogen (secondary N) is 1. The summed E-state index contributed by atoms with van der Waals surface area (Å²) < 4.78 is 18.2.